The van der Waals surface area contributed by atoms with Crippen molar-refractivity contribution < 1.29 is 4.74 Å². The van der Waals surface area contributed by atoms with Crippen LogP contribution >= 0.6 is 12.2 Å². The van der Waals surface area contributed by atoms with Crippen LogP contribution in [-0.2, 0) is 0 Å². The maximum Gasteiger partial charge on any atom is 0.171 e. The summed E-state index contributed by atoms with van der Waals surface area (Å²) in [4.78, 5) is 0. The summed E-state index contributed by atoms with van der Waals surface area (Å²) < 4.78 is 6.13. The third kappa shape index (κ3) is 4.13. The summed E-state index contributed by atoms with van der Waals surface area (Å²) in [5.74, 6) is 0.939. The SMILES string of the molecule is Cc1ccc(NC(=S)N[C@@H]2CC(C)(C)Oc3ccc(C)cc32)c(C)c1. The zero-order chi connectivity index (χ0) is 18.2. The second kappa shape index (κ2) is 6.68. The molecule has 3 rings (SSSR count). The zero-order valence-corrected chi connectivity index (χ0v) is 16.4. The highest BCUT2D eigenvalue weighted by Gasteiger charge is 2.34. The Balaban J connectivity index is 1.80. The van der Waals surface area contributed by atoms with Gasteiger partial charge in [0.2, 0.25) is 0 Å². The summed E-state index contributed by atoms with van der Waals surface area (Å²) in [6.45, 7) is 10.5. The molecule has 132 valence electrons. The van der Waals surface area contributed by atoms with E-state index in [1.54, 1.807) is 0 Å². The lowest BCUT2D eigenvalue weighted by Crippen LogP contribution is -2.42. The number of anilines is 1. The smallest absolute Gasteiger partial charge is 0.171 e. The van der Waals surface area contributed by atoms with E-state index in [0.717, 1.165) is 17.9 Å². The number of thiocarbonyl (C=S) groups is 1. The molecule has 0 aliphatic carbocycles. The number of hydrogen-bond acceptors (Lipinski definition) is 2. The average molecular weight is 355 g/mol. The van der Waals surface area contributed by atoms with Crippen LogP contribution in [0.2, 0.25) is 0 Å². The Morgan fingerprint density at radius 2 is 1.76 bits per heavy atom. The Bertz CT molecular complexity index is 814. The number of hydrogen-bond donors (Lipinski definition) is 2. The van der Waals surface area contributed by atoms with Crippen LogP contribution < -0.4 is 15.4 Å². The van der Waals surface area contributed by atoms with Crippen LogP contribution in [0.15, 0.2) is 36.4 Å². The Labute approximate surface area is 155 Å². The first-order valence-electron chi connectivity index (χ1n) is 8.68. The van der Waals surface area contributed by atoms with Gasteiger partial charge in [0.25, 0.3) is 0 Å². The van der Waals surface area contributed by atoms with Gasteiger partial charge in [-0.05, 0) is 64.5 Å². The molecule has 0 bridgehead atoms. The summed E-state index contributed by atoms with van der Waals surface area (Å²) >= 11 is 5.58. The van der Waals surface area contributed by atoms with Crippen LogP contribution in [0, 0.1) is 20.8 Å². The lowest BCUT2D eigenvalue weighted by atomic mass is 9.89. The fourth-order valence-corrected chi connectivity index (χ4v) is 3.63. The molecule has 1 atom stereocenters. The Hall–Kier alpha value is -2.07. The second-order valence-corrected chi connectivity index (χ2v) is 7.98. The largest absolute Gasteiger partial charge is 0.487 e. The van der Waals surface area contributed by atoms with Crippen molar-refractivity contribution >= 4 is 23.0 Å². The molecule has 1 aliphatic rings. The van der Waals surface area contributed by atoms with Crippen molar-refractivity contribution in [2.24, 2.45) is 0 Å². The van der Waals surface area contributed by atoms with E-state index < -0.39 is 0 Å². The van der Waals surface area contributed by atoms with Gasteiger partial charge in [-0.25, -0.2) is 0 Å². The van der Waals surface area contributed by atoms with E-state index in [2.05, 4.69) is 81.7 Å². The first-order valence-corrected chi connectivity index (χ1v) is 9.09. The molecule has 1 heterocycles. The number of fused-ring (bicyclic) bond motifs is 1. The van der Waals surface area contributed by atoms with Gasteiger partial charge in [-0.3, -0.25) is 0 Å². The van der Waals surface area contributed by atoms with E-state index >= 15 is 0 Å². The molecule has 0 fully saturated rings. The fourth-order valence-electron chi connectivity index (χ4n) is 3.37. The van der Waals surface area contributed by atoms with E-state index in [9.17, 15) is 0 Å². The van der Waals surface area contributed by atoms with E-state index in [4.69, 9.17) is 17.0 Å². The Kier molecular flexibility index (Phi) is 4.74. The summed E-state index contributed by atoms with van der Waals surface area (Å²) in [6, 6.07) is 12.8. The van der Waals surface area contributed by atoms with E-state index in [1.165, 1.54) is 22.3 Å². The Morgan fingerprint density at radius 1 is 1.08 bits per heavy atom. The van der Waals surface area contributed by atoms with E-state index in [-0.39, 0.29) is 11.6 Å². The van der Waals surface area contributed by atoms with Gasteiger partial charge >= 0.3 is 0 Å². The van der Waals surface area contributed by atoms with Crippen LogP contribution in [0.5, 0.6) is 5.75 Å². The molecule has 0 saturated carbocycles. The lowest BCUT2D eigenvalue weighted by molar-refractivity contribution is 0.0696. The van der Waals surface area contributed by atoms with Crippen molar-refractivity contribution in [1.82, 2.24) is 5.32 Å². The molecule has 0 radical (unpaired) electrons. The van der Waals surface area contributed by atoms with Crippen LogP contribution in [-0.4, -0.2) is 10.7 Å². The molecule has 2 aromatic carbocycles. The normalized spacial score (nSPS) is 18.0. The van der Waals surface area contributed by atoms with Gasteiger partial charge in [0.15, 0.2) is 5.11 Å². The van der Waals surface area contributed by atoms with Crippen molar-refractivity contribution in [1.29, 1.82) is 0 Å². The molecule has 3 nitrogen and oxygen atoms in total. The molecule has 1 aliphatic heterocycles. The number of aryl methyl sites for hydroxylation is 3. The summed E-state index contributed by atoms with van der Waals surface area (Å²) in [6.07, 6.45) is 0.859. The number of nitrogens with one attached hydrogen (secondary N) is 2. The minimum atomic E-state index is -0.227. The number of rotatable bonds is 2. The van der Waals surface area contributed by atoms with E-state index in [0.29, 0.717) is 5.11 Å². The zero-order valence-electron chi connectivity index (χ0n) is 15.6. The predicted molar refractivity (Wildman–Crippen MR) is 109 cm³/mol. The molecular weight excluding hydrogens is 328 g/mol. The van der Waals surface area contributed by atoms with Crippen LogP contribution in [0.25, 0.3) is 0 Å². The third-order valence-corrected chi connectivity index (χ3v) is 4.78. The monoisotopic (exact) mass is 354 g/mol. The van der Waals surface area contributed by atoms with Crippen molar-refractivity contribution in [3.63, 3.8) is 0 Å². The highest BCUT2D eigenvalue weighted by Crippen LogP contribution is 2.39. The minimum Gasteiger partial charge on any atom is -0.487 e. The maximum absolute atomic E-state index is 6.13. The number of ether oxygens (including phenoxy) is 1. The van der Waals surface area contributed by atoms with Crippen molar-refractivity contribution in [2.45, 2.75) is 52.7 Å². The van der Waals surface area contributed by atoms with Gasteiger partial charge < -0.3 is 15.4 Å². The van der Waals surface area contributed by atoms with Gasteiger partial charge in [0.05, 0.1) is 6.04 Å². The number of benzene rings is 2. The lowest BCUT2D eigenvalue weighted by Gasteiger charge is -2.38. The predicted octanol–water partition coefficient (Wildman–Crippen LogP) is 5.20. The molecule has 0 saturated heterocycles. The highest BCUT2D eigenvalue weighted by molar-refractivity contribution is 7.80. The molecule has 25 heavy (non-hydrogen) atoms. The minimum absolute atomic E-state index is 0.129. The third-order valence-electron chi connectivity index (χ3n) is 4.56. The molecule has 2 N–H and O–H groups in total. The van der Waals surface area contributed by atoms with Crippen LogP contribution in [0.1, 0.15) is 48.6 Å². The van der Waals surface area contributed by atoms with E-state index in [1.807, 2.05) is 0 Å². The quantitative estimate of drug-likeness (QED) is 0.726. The standard InChI is InChI=1S/C21H26N2OS/c1-13-6-8-17(15(3)10-13)22-20(25)23-18-12-21(4,5)24-19-9-7-14(2)11-16(18)19/h6-11,18H,12H2,1-5H3,(H2,22,23,25)/t18-/m1/s1. The summed E-state index contributed by atoms with van der Waals surface area (Å²) in [7, 11) is 0. The molecule has 0 aromatic heterocycles. The van der Waals surface area contributed by atoms with Gasteiger partial charge in [-0.1, -0.05) is 35.4 Å². The first kappa shape index (κ1) is 17.7. The highest BCUT2D eigenvalue weighted by atomic mass is 32.1. The van der Waals surface area contributed by atoms with Gasteiger partial charge in [-0.2, -0.15) is 0 Å². The second-order valence-electron chi connectivity index (χ2n) is 7.58. The first-order chi connectivity index (χ1) is 11.7. The Morgan fingerprint density at radius 3 is 2.48 bits per heavy atom. The van der Waals surface area contributed by atoms with Crippen LogP contribution in [0.3, 0.4) is 0 Å². The summed E-state index contributed by atoms with van der Waals surface area (Å²) in [5, 5.41) is 7.47. The van der Waals surface area contributed by atoms with Crippen molar-refractivity contribution in [3.8, 4) is 5.75 Å². The molecular formula is C21H26N2OS. The molecule has 0 spiro atoms. The summed E-state index contributed by atoms with van der Waals surface area (Å²) in [5.41, 5.74) is 5.64. The van der Waals surface area contributed by atoms with Gasteiger partial charge in [0.1, 0.15) is 11.4 Å². The molecule has 4 heteroatoms. The van der Waals surface area contributed by atoms with Crippen molar-refractivity contribution in [2.75, 3.05) is 5.32 Å². The molecule has 0 unspecified atom stereocenters. The molecule has 0 amide bonds. The topological polar surface area (TPSA) is 33.3 Å². The van der Waals surface area contributed by atoms with Crippen molar-refractivity contribution in [3.05, 3.63) is 58.7 Å². The fraction of sp³-hybridized carbons (Fsp3) is 0.381. The van der Waals surface area contributed by atoms with Crippen LogP contribution in [0.4, 0.5) is 5.69 Å². The average Bonchev–Trinajstić information content (AvgIpc) is 2.50. The van der Waals surface area contributed by atoms with Gasteiger partial charge in [0, 0.05) is 17.7 Å². The molecule has 2 aromatic rings. The maximum atomic E-state index is 6.13. The van der Waals surface area contributed by atoms with Gasteiger partial charge in [-0.15, -0.1) is 0 Å².